The van der Waals surface area contributed by atoms with Crippen LogP contribution in [0.1, 0.15) is 64.7 Å². The molecule has 0 unspecified atom stereocenters. The van der Waals surface area contributed by atoms with Crippen LogP contribution in [0.25, 0.3) is 0 Å². The third-order valence-corrected chi connectivity index (χ3v) is 4.36. The Hall–Kier alpha value is -2.40. The van der Waals surface area contributed by atoms with Crippen molar-refractivity contribution in [2.24, 2.45) is 0 Å². The molecule has 0 spiro atoms. The molecule has 0 fully saturated rings. The lowest BCUT2D eigenvalue weighted by Gasteiger charge is -2.28. The van der Waals surface area contributed by atoms with Crippen molar-refractivity contribution in [2.75, 3.05) is 27.7 Å². The molecule has 0 saturated carbocycles. The number of nitrogens with zero attached hydrogens (tertiary/aromatic N) is 1. The van der Waals surface area contributed by atoms with Gasteiger partial charge in [-0.1, -0.05) is 67.7 Å². The Balaban J connectivity index is 3.89. The van der Waals surface area contributed by atoms with E-state index in [0.29, 0.717) is 23.9 Å². The number of rotatable bonds is 18. The number of esters is 1. The number of quaternary nitrogens is 1. The highest BCUT2D eigenvalue weighted by Gasteiger charge is 2.24. The number of aliphatic carboxylic acids is 1. The molecule has 0 aromatic rings. The number of ether oxygens (including phenoxy) is 1. The van der Waals surface area contributed by atoms with Gasteiger partial charge in [-0.25, -0.2) is 0 Å². The first-order valence-corrected chi connectivity index (χ1v) is 11.7. The van der Waals surface area contributed by atoms with Crippen LogP contribution in [0.4, 0.5) is 0 Å². The fraction of sp³-hybridized carbons (Fsp3) is 0.556. The maximum Gasteiger partial charge on any atom is 0.307 e. The molecule has 0 bridgehead atoms. The number of hydrogen-bond donors (Lipinski definition) is 1. The van der Waals surface area contributed by atoms with Gasteiger partial charge >= 0.3 is 11.9 Å². The molecule has 180 valence electrons. The van der Waals surface area contributed by atoms with Crippen molar-refractivity contribution in [3.8, 4) is 0 Å². The van der Waals surface area contributed by atoms with E-state index in [1.54, 1.807) is 0 Å². The Kier molecular flexibility index (Phi) is 17.9. The highest BCUT2D eigenvalue weighted by Crippen LogP contribution is 2.08. The van der Waals surface area contributed by atoms with E-state index in [1.165, 1.54) is 0 Å². The Morgan fingerprint density at radius 1 is 0.812 bits per heavy atom. The molecular formula is C27H44NO4+. The van der Waals surface area contributed by atoms with Crippen molar-refractivity contribution in [2.45, 2.75) is 70.8 Å². The summed E-state index contributed by atoms with van der Waals surface area (Å²) in [6.07, 6.45) is 27.5. The molecule has 1 N–H and O–H groups in total. The molecule has 5 heteroatoms. The molecule has 1 atom stereocenters. The van der Waals surface area contributed by atoms with Gasteiger partial charge in [-0.2, -0.15) is 0 Å². The molecule has 0 aliphatic heterocycles. The Labute approximate surface area is 195 Å². The zero-order valence-corrected chi connectivity index (χ0v) is 20.5. The second-order valence-corrected chi connectivity index (χ2v) is 8.78. The maximum atomic E-state index is 12.0. The molecule has 0 aliphatic rings. The first-order chi connectivity index (χ1) is 15.2. The first kappa shape index (κ1) is 29.6. The third-order valence-electron chi connectivity index (χ3n) is 4.36. The minimum atomic E-state index is -0.949. The van der Waals surface area contributed by atoms with Gasteiger partial charge in [0.15, 0.2) is 6.10 Å². The number of unbranched alkanes of at least 4 members (excludes halogenated alkanes) is 1. The zero-order chi connectivity index (χ0) is 24.1. The van der Waals surface area contributed by atoms with Crippen LogP contribution in [0.3, 0.4) is 0 Å². The van der Waals surface area contributed by atoms with E-state index in [2.05, 4.69) is 67.7 Å². The smallest absolute Gasteiger partial charge is 0.307 e. The Morgan fingerprint density at radius 3 is 1.72 bits per heavy atom. The van der Waals surface area contributed by atoms with E-state index in [1.807, 2.05) is 21.1 Å². The van der Waals surface area contributed by atoms with Crippen LogP contribution in [0.15, 0.2) is 60.8 Å². The predicted octanol–water partition coefficient (Wildman–Crippen LogP) is 6.00. The van der Waals surface area contributed by atoms with Gasteiger partial charge in [-0.05, 0) is 44.9 Å². The molecule has 0 saturated heterocycles. The largest absolute Gasteiger partial charge is 0.481 e. The summed E-state index contributed by atoms with van der Waals surface area (Å²) < 4.78 is 5.93. The average Bonchev–Trinajstić information content (AvgIpc) is 2.68. The summed E-state index contributed by atoms with van der Waals surface area (Å²) in [6.45, 7) is 2.62. The summed E-state index contributed by atoms with van der Waals surface area (Å²) >= 11 is 0. The molecule has 0 aromatic carbocycles. The summed E-state index contributed by atoms with van der Waals surface area (Å²) in [6, 6.07) is 0. The molecule has 0 amide bonds. The number of likely N-dealkylation sites (N-methyl/N-ethyl adjacent to an activating group) is 1. The van der Waals surface area contributed by atoms with Gasteiger partial charge in [0.2, 0.25) is 0 Å². The average molecular weight is 447 g/mol. The molecular weight excluding hydrogens is 402 g/mol. The minimum Gasteiger partial charge on any atom is -0.481 e. The van der Waals surface area contributed by atoms with Crippen LogP contribution in [0.5, 0.6) is 0 Å². The lowest BCUT2D eigenvalue weighted by Crippen LogP contribution is -2.43. The van der Waals surface area contributed by atoms with Crippen molar-refractivity contribution < 1.29 is 23.9 Å². The number of carboxylic acids is 1. The van der Waals surface area contributed by atoms with Crippen LogP contribution in [0.2, 0.25) is 0 Å². The van der Waals surface area contributed by atoms with Gasteiger partial charge in [0.05, 0.1) is 27.6 Å². The first-order valence-electron chi connectivity index (χ1n) is 11.7. The minimum absolute atomic E-state index is 0.157. The fourth-order valence-electron chi connectivity index (χ4n) is 2.93. The van der Waals surface area contributed by atoms with E-state index >= 15 is 0 Å². The van der Waals surface area contributed by atoms with Crippen LogP contribution in [-0.2, 0) is 14.3 Å². The third kappa shape index (κ3) is 22.3. The van der Waals surface area contributed by atoms with Crippen molar-refractivity contribution in [3.05, 3.63) is 60.8 Å². The quantitative estimate of drug-likeness (QED) is 0.121. The van der Waals surface area contributed by atoms with Gasteiger partial charge < -0.3 is 14.3 Å². The molecule has 0 heterocycles. The van der Waals surface area contributed by atoms with E-state index in [-0.39, 0.29) is 12.4 Å². The lowest BCUT2D eigenvalue weighted by molar-refractivity contribution is -0.873. The standard InChI is InChI=1S/C27H43NO4/c1-5-6-7-8-9-10-11-12-13-14-15-16-17-18-19-20-21-22-27(31)32-25(23-26(29)30)24-28(2,3)4/h6-7,9-10,12-13,15-16,18-19,25H,5,8,11,14,17,20-24H2,1-4H3/p+1/b7-6-,10-9-,13-12-,16-15-,19-18?/t25-/m1/s1. The van der Waals surface area contributed by atoms with E-state index in [9.17, 15) is 9.59 Å². The van der Waals surface area contributed by atoms with Crippen molar-refractivity contribution in [1.29, 1.82) is 0 Å². The Bertz CT molecular complexity index is 651. The van der Waals surface area contributed by atoms with Gasteiger partial charge in [0.1, 0.15) is 6.54 Å². The van der Waals surface area contributed by atoms with E-state index in [4.69, 9.17) is 9.84 Å². The van der Waals surface area contributed by atoms with Crippen LogP contribution < -0.4 is 0 Å². The number of carbonyl (C=O) groups excluding carboxylic acids is 1. The maximum absolute atomic E-state index is 12.0. The second kappa shape index (κ2) is 19.3. The summed E-state index contributed by atoms with van der Waals surface area (Å²) in [5.41, 5.74) is 0. The van der Waals surface area contributed by atoms with Gasteiger partial charge in [0, 0.05) is 6.42 Å². The van der Waals surface area contributed by atoms with E-state index in [0.717, 1.165) is 38.5 Å². The number of hydrogen-bond acceptors (Lipinski definition) is 3. The topological polar surface area (TPSA) is 63.6 Å². The highest BCUT2D eigenvalue weighted by atomic mass is 16.5. The van der Waals surface area contributed by atoms with E-state index < -0.39 is 12.1 Å². The fourth-order valence-corrected chi connectivity index (χ4v) is 2.93. The van der Waals surface area contributed by atoms with Crippen molar-refractivity contribution >= 4 is 11.9 Å². The second-order valence-electron chi connectivity index (χ2n) is 8.78. The molecule has 0 rings (SSSR count). The predicted molar refractivity (Wildman–Crippen MR) is 133 cm³/mol. The monoisotopic (exact) mass is 446 g/mol. The van der Waals surface area contributed by atoms with Gasteiger partial charge in [-0.3, -0.25) is 9.59 Å². The summed E-state index contributed by atoms with van der Waals surface area (Å²) in [5.74, 6) is -1.27. The normalized spacial score (nSPS) is 13.9. The zero-order valence-electron chi connectivity index (χ0n) is 20.5. The molecule has 0 radical (unpaired) electrons. The highest BCUT2D eigenvalue weighted by molar-refractivity contribution is 5.71. The van der Waals surface area contributed by atoms with Gasteiger partial charge in [0.25, 0.3) is 0 Å². The summed E-state index contributed by atoms with van der Waals surface area (Å²) in [4.78, 5) is 23.0. The molecule has 0 aliphatic carbocycles. The van der Waals surface area contributed by atoms with Crippen LogP contribution in [0, 0.1) is 0 Å². The number of allylic oxidation sites excluding steroid dienone is 10. The molecule has 5 nitrogen and oxygen atoms in total. The molecule has 32 heavy (non-hydrogen) atoms. The lowest BCUT2D eigenvalue weighted by atomic mass is 10.2. The molecule has 0 aromatic heterocycles. The van der Waals surface area contributed by atoms with Crippen molar-refractivity contribution in [1.82, 2.24) is 0 Å². The van der Waals surface area contributed by atoms with Gasteiger partial charge in [-0.15, -0.1) is 0 Å². The summed E-state index contributed by atoms with van der Waals surface area (Å²) in [5, 5.41) is 9.00. The summed E-state index contributed by atoms with van der Waals surface area (Å²) in [7, 11) is 5.85. The number of carbonyl (C=O) groups is 2. The Morgan fingerprint density at radius 2 is 1.28 bits per heavy atom. The van der Waals surface area contributed by atoms with Crippen LogP contribution in [-0.4, -0.2) is 55.3 Å². The SMILES string of the molecule is CC/C=C\C/C=C\C/C=C\C/C=C\CC=CCCCC(=O)O[C@H](CC(=O)O)C[N+](C)(C)C. The van der Waals surface area contributed by atoms with Crippen molar-refractivity contribution in [3.63, 3.8) is 0 Å². The van der Waals surface area contributed by atoms with Crippen LogP contribution >= 0.6 is 0 Å². The number of carboxylic acid groups (broad SMARTS) is 1.